The molecule has 3 aromatic rings. The first kappa shape index (κ1) is 20.9. The Kier molecular flexibility index (Phi) is 6.82. The zero-order valence-electron chi connectivity index (χ0n) is 15.6. The maximum atomic E-state index is 12.0. The molecular weight excluding hydrogens is 416 g/mol. The molecule has 150 valence electrons. The van der Waals surface area contributed by atoms with Crippen molar-refractivity contribution >= 4 is 43.3 Å². The molecule has 0 radical (unpaired) electrons. The fourth-order valence-corrected chi connectivity index (χ4v) is 6.00. The Hall–Kier alpha value is -1.81. The van der Waals surface area contributed by atoms with Crippen molar-refractivity contribution in [3.8, 4) is 11.5 Å². The molecular formula is C19H22N2O4S3. The van der Waals surface area contributed by atoms with E-state index in [1.54, 1.807) is 61.6 Å². The van der Waals surface area contributed by atoms with Crippen LogP contribution in [0.1, 0.15) is 23.7 Å². The molecule has 2 N–H and O–H groups in total. The van der Waals surface area contributed by atoms with Crippen molar-refractivity contribution in [3.05, 3.63) is 48.0 Å². The lowest BCUT2D eigenvalue weighted by Gasteiger charge is -2.15. The lowest BCUT2D eigenvalue weighted by Crippen LogP contribution is -2.22. The van der Waals surface area contributed by atoms with Crippen molar-refractivity contribution in [2.75, 3.05) is 20.0 Å². The van der Waals surface area contributed by atoms with Gasteiger partial charge >= 0.3 is 0 Å². The quantitative estimate of drug-likeness (QED) is 0.397. The summed E-state index contributed by atoms with van der Waals surface area (Å²) in [5.74, 6) is 2.25. The van der Waals surface area contributed by atoms with Crippen molar-refractivity contribution in [2.24, 2.45) is 5.14 Å². The van der Waals surface area contributed by atoms with Crippen molar-refractivity contribution in [1.82, 2.24) is 4.98 Å². The van der Waals surface area contributed by atoms with Crippen LogP contribution in [-0.4, -0.2) is 33.4 Å². The molecule has 0 fully saturated rings. The highest BCUT2D eigenvalue weighted by Crippen LogP contribution is 2.33. The number of thiazole rings is 1. The average Bonchev–Trinajstić information content (AvgIpc) is 3.09. The minimum atomic E-state index is -3.69. The topological polar surface area (TPSA) is 91.5 Å². The van der Waals surface area contributed by atoms with Gasteiger partial charge in [0.15, 0.2) is 4.34 Å². The van der Waals surface area contributed by atoms with E-state index in [-0.39, 0.29) is 0 Å². The number of hydrogen-bond acceptors (Lipinski definition) is 7. The monoisotopic (exact) mass is 438 g/mol. The summed E-state index contributed by atoms with van der Waals surface area (Å²) in [6.45, 7) is 0. The van der Waals surface area contributed by atoms with Gasteiger partial charge in [-0.25, -0.2) is 18.5 Å². The summed E-state index contributed by atoms with van der Waals surface area (Å²) in [6, 6.07) is 12.8. The summed E-state index contributed by atoms with van der Waals surface area (Å²) in [7, 11) is -0.475. The second kappa shape index (κ2) is 9.13. The van der Waals surface area contributed by atoms with E-state index in [1.165, 1.54) is 0 Å². The molecule has 1 atom stereocenters. The van der Waals surface area contributed by atoms with E-state index in [1.807, 2.05) is 18.2 Å². The van der Waals surface area contributed by atoms with Gasteiger partial charge < -0.3 is 9.47 Å². The molecule has 1 heterocycles. The first-order valence-corrected chi connectivity index (χ1v) is 12.0. The van der Waals surface area contributed by atoms with E-state index in [0.717, 1.165) is 26.1 Å². The highest BCUT2D eigenvalue weighted by atomic mass is 32.2. The third kappa shape index (κ3) is 5.16. The summed E-state index contributed by atoms with van der Waals surface area (Å²) in [5.41, 5.74) is 1.62. The maximum absolute atomic E-state index is 12.0. The molecule has 1 aromatic heterocycles. The molecule has 2 aromatic carbocycles. The molecule has 0 saturated carbocycles. The Bertz CT molecular complexity index is 1030. The van der Waals surface area contributed by atoms with Crippen LogP contribution in [0, 0.1) is 0 Å². The molecule has 0 aliphatic rings. The number of sulfonamides is 1. The summed E-state index contributed by atoms with van der Waals surface area (Å²) < 4.78 is 36.5. The molecule has 0 spiro atoms. The number of ether oxygens (including phenoxy) is 2. The van der Waals surface area contributed by atoms with E-state index >= 15 is 0 Å². The Morgan fingerprint density at radius 3 is 2.43 bits per heavy atom. The molecule has 28 heavy (non-hydrogen) atoms. The first-order chi connectivity index (χ1) is 13.4. The van der Waals surface area contributed by atoms with Crippen LogP contribution in [0.15, 0.2) is 46.8 Å². The number of nitrogens with two attached hydrogens (primary N) is 1. The Morgan fingerprint density at radius 1 is 1.11 bits per heavy atom. The van der Waals surface area contributed by atoms with Crippen LogP contribution in [0.5, 0.6) is 11.5 Å². The summed E-state index contributed by atoms with van der Waals surface area (Å²) in [5, 5.41) is 4.74. The van der Waals surface area contributed by atoms with E-state index < -0.39 is 15.3 Å². The standard InChI is InChI=1S/C19H22N2O4S3/c1-24-14-7-5-13(6-8-14)18(28(20,22)23)4-3-11-26-19-21-16-10-9-15(25-2)12-17(16)27-19/h5-10,12,18H,3-4,11H2,1-2H3,(H2,20,22,23). The highest BCUT2D eigenvalue weighted by Gasteiger charge is 2.23. The van der Waals surface area contributed by atoms with E-state index in [0.29, 0.717) is 24.2 Å². The van der Waals surface area contributed by atoms with Gasteiger partial charge in [0.1, 0.15) is 16.7 Å². The molecule has 1 unspecified atom stereocenters. The summed E-state index contributed by atoms with van der Waals surface area (Å²) in [6.07, 6.45) is 1.16. The Balaban J connectivity index is 1.61. The molecule has 0 bridgehead atoms. The van der Waals surface area contributed by atoms with Gasteiger partial charge in [0.2, 0.25) is 10.0 Å². The third-order valence-electron chi connectivity index (χ3n) is 4.30. The summed E-state index contributed by atoms with van der Waals surface area (Å²) in [4.78, 5) is 4.60. The van der Waals surface area contributed by atoms with Gasteiger partial charge in [0, 0.05) is 5.75 Å². The molecule has 9 heteroatoms. The smallest absolute Gasteiger partial charge is 0.216 e. The number of benzene rings is 2. The van der Waals surface area contributed by atoms with Gasteiger partial charge in [-0.15, -0.1) is 11.3 Å². The number of methoxy groups -OCH3 is 2. The van der Waals surface area contributed by atoms with Crippen LogP contribution < -0.4 is 14.6 Å². The lowest BCUT2D eigenvalue weighted by molar-refractivity contribution is 0.414. The molecule has 0 saturated heterocycles. The fraction of sp³-hybridized carbons (Fsp3) is 0.316. The number of rotatable bonds is 9. The fourth-order valence-electron chi connectivity index (χ4n) is 2.84. The third-order valence-corrected chi connectivity index (χ3v) is 7.84. The van der Waals surface area contributed by atoms with Gasteiger partial charge in [-0.05, 0) is 48.7 Å². The van der Waals surface area contributed by atoms with Gasteiger partial charge in [-0.3, -0.25) is 0 Å². The zero-order chi connectivity index (χ0) is 20.1. The molecule has 3 rings (SSSR count). The summed E-state index contributed by atoms with van der Waals surface area (Å²) >= 11 is 3.23. The maximum Gasteiger partial charge on any atom is 0.216 e. The van der Waals surface area contributed by atoms with E-state index in [4.69, 9.17) is 14.6 Å². The van der Waals surface area contributed by atoms with Crippen molar-refractivity contribution in [3.63, 3.8) is 0 Å². The first-order valence-electron chi connectivity index (χ1n) is 8.63. The number of fused-ring (bicyclic) bond motifs is 1. The SMILES string of the molecule is COc1ccc(C(CCCSc2nc3ccc(OC)cc3s2)S(N)(=O)=O)cc1. The number of hydrogen-bond donors (Lipinski definition) is 1. The minimum Gasteiger partial charge on any atom is -0.497 e. The zero-order valence-corrected chi connectivity index (χ0v) is 18.1. The average molecular weight is 439 g/mol. The van der Waals surface area contributed by atoms with Crippen molar-refractivity contribution in [1.29, 1.82) is 0 Å². The Labute approximate surface area is 173 Å². The predicted molar refractivity (Wildman–Crippen MR) is 115 cm³/mol. The molecule has 0 amide bonds. The van der Waals surface area contributed by atoms with Crippen molar-refractivity contribution in [2.45, 2.75) is 22.4 Å². The second-order valence-electron chi connectivity index (χ2n) is 6.15. The van der Waals surface area contributed by atoms with Crippen LogP contribution in [0.4, 0.5) is 0 Å². The Morgan fingerprint density at radius 2 is 1.79 bits per heavy atom. The second-order valence-corrected chi connectivity index (χ2v) is 10.3. The largest absolute Gasteiger partial charge is 0.497 e. The number of nitrogens with zero attached hydrogens (tertiary/aromatic N) is 1. The molecule has 6 nitrogen and oxygen atoms in total. The van der Waals surface area contributed by atoms with Crippen LogP contribution in [-0.2, 0) is 10.0 Å². The minimum absolute atomic E-state index is 0.455. The van der Waals surface area contributed by atoms with Gasteiger partial charge in [0.25, 0.3) is 0 Å². The lowest BCUT2D eigenvalue weighted by atomic mass is 10.1. The molecule has 0 aliphatic carbocycles. The van der Waals surface area contributed by atoms with E-state index in [9.17, 15) is 8.42 Å². The van der Waals surface area contributed by atoms with E-state index in [2.05, 4.69) is 4.98 Å². The normalized spacial score (nSPS) is 12.8. The predicted octanol–water partition coefficient (Wildman–Crippen LogP) is 4.22. The van der Waals surface area contributed by atoms with Crippen molar-refractivity contribution < 1.29 is 17.9 Å². The molecule has 0 aliphatic heterocycles. The van der Waals surface area contributed by atoms with Crippen LogP contribution in [0.2, 0.25) is 0 Å². The van der Waals surface area contributed by atoms with Gasteiger partial charge in [0.05, 0.1) is 24.4 Å². The van der Waals surface area contributed by atoms with Gasteiger partial charge in [-0.1, -0.05) is 23.9 Å². The number of primary sulfonamides is 1. The van der Waals surface area contributed by atoms with Crippen LogP contribution >= 0.6 is 23.1 Å². The van der Waals surface area contributed by atoms with Crippen LogP contribution in [0.25, 0.3) is 10.2 Å². The highest BCUT2D eigenvalue weighted by molar-refractivity contribution is 8.01. The number of aromatic nitrogens is 1. The number of thioether (sulfide) groups is 1. The van der Waals surface area contributed by atoms with Gasteiger partial charge in [-0.2, -0.15) is 0 Å². The van der Waals surface area contributed by atoms with Crippen LogP contribution in [0.3, 0.4) is 0 Å².